The van der Waals surface area contributed by atoms with Gasteiger partial charge in [0.25, 0.3) is 10.0 Å². The average molecular weight is 410 g/mol. The summed E-state index contributed by atoms with van der Waals surface area (Å²) in [6.07, 6.45) is 4.68. The molecule has 0 bridgehead atoms. The molecule has 0 radical (unpaired) electrons. The van der Waals surface area contributed by atoms with Crippen LogP contribution >= 0.6 is 0 Å². The Morgan fingerprint density at radius 1 is 1.10 bits per heavy atom. The molecule has 1 unspecified atom stereocenters. The third kappa shape index (κ3) is 3.90. The molecule has 3 N–H and O–H groups in total. The second kappa shape index (κ2) is 7.73. The molecule has 7 nitrogen and oxygen atoms in total. The molecule has 4 rings (SSSR count). The predicted octanol–water partition coefficient (Wildman–Crippen LogP) is 4.17. The van der Waals surface area contributed by atoms with E-state index >= 15 is 0 Å². The number of anilines is 2. The SMILES string of the molecule is CCCc1ccc(S(=O)(=O)Nc2ccc(N3C=Nc4occc4C3N)cc2)cc1. The van der Waals surface area contributed by atoms with E-state index in [0.29, 0.717) is 11.6 Å². The van der Waals surface area contributed by atoms with E-state index in [9.17, 15) is 8.42 Å². The first-order chi connectivity index (χ1) is 14.0. The van der Waals surface area contributed by atoms with Crippen molar-refractivity contribution in [2.45, 2.75) is 30.8 Å². The van der Waals surface area contributed by atoms with E-state index in [4.69, 9.17) is 10.2 Å². The normalized spacial score (nSPS) is 15.9. The zero-order valence-corrected chi connectivity index (χ0v) is 16.8. The molecule has 0 saturated heterocycles. The average Bonchev–Trinajstić information content (AvgIpc) is 3.19. The Labute approximate surface area is 169 Å². The van der Waals surface area contributed by atoms with Crippen molar-refractivity contribution in [2.24, 2.45) is 10.7 Å². The fourth-order valence-electron chi connectivity index (χ4n) is 3.24. The van der Waals surface area contributed by atoms with Crippen LogP contribution < -0.4 is 15.4 Å². The topological polar surface area (TPSA) is 101 Å². The summed E-state index contributed by atoms with van der Waals surface area (Å²) in [5.41, 5.74) is 9.46. The Morgan fingerprint density at radius 3 is 2.52 bits per heavy atom. The van der Waals surface area contributed by atoms with Gasteiger partial charge in [-0.15, -0.1) is 0 Å². The van der Waals surface area contributed by atoms with Crippen molar-refractivity contribution in [1.29, 1.82) is 0 Å². The minimum Gasteiger partial charge on any atom is -0.446 e. The molecule has 3 aromatic rings. The van der Waals surface area contributed by atoms with Gasteiger partial charge in [-0.25, -0.2) is 13.4 Å². The maximum atomic E-state index is 12.6. The summed E-state index contributed by atoms with van der Waals surface area (Å²) in [5, 5.41) is 0. The second-order valence-corrected chi connectivity index (χ2v) is 8.51. The van der Waals surface area contributed by atoms with E-state index in [2.05, 4.69) is 16.6 Å². The molecule has 1 aliphatic rings. The molecule has 150 valence electrons. The number of rotatable bonds is 6. The number of hydrogen-bond donors (Lipinski definition) is 2. The zero-order valence-electron chi connectivity index (χ0n) is 15.9. The molecule has 1 aliphatic heterocycles. The number of aliphatic imine (C=N–C) groups is 1. The van der Waals surface area contributed by atoms with Crippen LogP contribution in [0.3, 0.4) is 0 Å². The molecule has 0 saturated carbocycles. The van der Waals surface area contributed by atoms with E-state index in [-0.39, 0.29) is 4.90 Å². The fraction of sp³-hybridized carbons (Fsp3) is 0.190. The Hall–Kier alpha value is -3.10. The van der Waals surface area contributed by atoms with Crippen LogP contribution in [-0.4, -0.2) is 14.8 Å². The predicted molar refractivity (Wildman–Crippen MR) is 114 cm³/mol. The first kappa shape index (κ1) is 19.2. The van der Waals surface area contributed by atoms with E-state index < -0.39 is 16.2 Å². The standard InChI is InChI=1S/C21H22N4O3S/c1-2-3-15-4-10-18(11-5-15)29(26,27)24-16-6-8-17(9-7-16)25-14-23-21-19(20(25)22)12-13-28-21/h4-14,20,24H,2-3,22H2,1H3. The van der Waals surface area contributed by atoms with Gasteiger partial charge in [-0.2, -0.15) is 0 Å². The van der Waals surface area contributed by atoms with Crippen LogP contribution in [0.2, 0.25) is 0 Å². The Balaban J connectivity index is 1.49. The largest absolute Gasteiger partial charge is 0.446 e. The van der Waals surface area contributed by atoms with Gasteiger partial charge in [0, 0.05) is 11.4 Å². The van der Waals surface area contributed by atoms with E-state index in [1.165, 1.54) is 0 Å². The minimum atomic E-state index is -3.65. The van der Waals surface area contributed by atoms with Crippen molar-refractivity contribution in [3.8, 4) is 0 Å². The summed E-state index contributed by atoms with van der Waals surface area (Å²) in [6, 6.07) is 15.7. The van der Waals surface area contributed by atoms with Gasteiger partial charge >= 0.3 is 0 Å². The zero-order chi connectivity index (χ0) is 20.4. The van der Waals surface area contributed by atoms with Gasteiger partial charge in [-0.05, 0) is 54.4 Å². The molecular formula is C21H22N4O3S. The number of fused-ring (bicyclic) bond motifs is 1. The van der Waals surface area contributed by atoms with E-state index in [0.717, 1.165) is 29.7 Å². The highest BCUT2D eigenvalue weighted by atomic mass is 32.2. The summed E-state index contributed by atoms with van der Waals surface area (Å²) in [5.74, 6) is 0.503. The van der Waals surface area contributed by atoms with Crippen molar-refractivity contribution in [1.82, 2.24) is 0 Å². The number of benzene rings is 2. The first-order valence-electron chi connectivity index (χ1n) is 9.35. The fourth-order valence-corrected chi connectivity index (χ4v) is 4.30. The first-order valence-corrected chi connectivity index (χ1v) is 10.8. The van der Waals surface area contributed by atoms with Crippen LogP contribution in [0.5, 0.6) is 0 Å². The van der Waals surface area contributed by atoms with Crippen molar-refractivity contribution in [3.05, 3.63) is 72.0 Å². The van der Waals surface area contributed by atoms with Gasteiger partial charge in [-0.1, -0.05) is 25.5 Å². The van der Waals surface area contributed by atoms with Crippen molar-refractivity contribution < 1.29 is 12.8 Å². The lowest BCUT2D eigenvalue weighted by Gasteiger charge is -2.29. The van der Waals surface area contributed by atoms with Gasteiger partial charge in [-0.3, -0.25) is 4.72 Å². The van der Waals surface area contributed by atoms with Crippen molar-refractivity contribution in [3.63, 3.8) is 0 Å². The van der Waals surface area contributed by atoms with Gasteiger partial charge in [0.05, 0.1) is 16.7 Å². The van der Waals surface area contributed by atoms with Crippen LogP contribution in [0, 0.1) is 0 Å². The van der Waals surface area contributed by atoms with Crippen molar-refractivity contribution in [2.75, 3.05) is 9.62 Å². The van der Waals surface area contributed by atoms with E-state index in [1.807, 2.05) is 12.1 Å². The number of nitrogens with two attached hydrogens (primary N) is 1. The lowest BCUT2D eigenvalue weighted by molar-refractivity contribution is 0.567. The maximum Gasteiger partial charge on any atom is 0.261 e. The summed E-state index contributed by atoms with van der Waals surface area (Å²) < 4.78 is 33.2. The number of furan rings is 1. The molecular weight excluding hydrogens is 388 g/mol. The summed E-state index contributed by atoms with van der Waals surface area (Å²) in [6.45, 7) is 2.09. The van der Waals surface area contributed by atoms with Gasteiger partial charge < -0.3 is 15.1 Å². The Bertz CT molecular complexity index is 1120. The smallest absolute Gasteiger partial charge is 0.261 e. The lowest BCUT2D eigenvalue weighted by Crippen LogP contribution is -2.35. The van der Waals surface area contributed by atoms with Gasteiger partial charge in [0.2, 0.25) is 5.88 Å². The number of nitrogens with one attached hydrogen (secondary N) is 1. The van der Waals surface area contributed by atoms with Gasteiger partial charge in [0.15, 0.2) is 0 Å². The molecule has 8 heteroatoms. The molecule has 2 aromatic carbocycles. The molecule has 0 amide bonds. The maximum absolute atomic E-state index is 12.6. The van der Waals surface area contributed by atoms with Crippen LogP contribution in [0.15, 0.2) is 75.2 Å². The molecule has 0 fully saturated rings. The molecule has 29 heavy (non-hydrogen) atoms. The number of sulfonamides is 1. The number of nitrogens with zero attached hydrogens (tertiary/aromatic N) is 2. The molecule has 1 atom stereocenters. The van der Waals surface area contributed by atoms with Gasteiger partial charge in [0.1, 0.15) is 12.5 Å². The molecule has 2 heterocycles. The van der Waals surface area contributed by atoms with E-state index in [1.54, 1.807) is 60.0 Å². The molecule has 0 aliphatic carbocycles. The monoisotopic (exact) mass is 410 g/mol. The van der Waals surface area contributed by atoms with Crippen LogP contribution in [0.4, 0.5) is 17.3 Å². The third-order valence-electron chi connectivity index (χ3n) is 4.78. The second-order valence-electron chi connectivity index (χ2n) is 6.82. The van der Waals surface area contributed by atoms with Crippen molar-refractivity contribution >= 4 is 33.6 Å². The highest BCUT2D eigenvalue weighted by molar-refractivity contribution is 7.92. The summed E-state index contributed by atoms with van der Waals surface area (Å²) in [7, 11) is -3.65. The number of hydrogen-bond acceptors (Lipinski definition) is 6. The number of aryl methyl sites for hydroxylation is 1. The quantitative estimate of drug-likeness (QED) is 0.635. The Morgan fingerprint density at radius 2 is 1.83 bits per heavy atom. The van der Waals surface area contributed by atoms with Crippen LogP contribution in [0.25, 0.3) is 0 Å². The highest BCUT2D eigenvalue weighted by Gasteiger charge is 2.24. The Kier molecular flexibility index (Phi) is 5.12. The highest BCUT2D eigenvalue weighted by Crippen LogP contribution is 2.34. The molecule has 0 spiro atoms. The van der Waals surface area contributed by atoms with Crippen LogP contribution in [0.1, 0.15) is 30.6 Å². The summed E-state index contributed by atoms with van der Waals surface area (Å²) >= 11 is 0. The summed E-state index contributed by atoms with van der Waals surface area (Å²) in [4.78, 5) is 6.28. The minimum absolute atomic E-state index is 0.235. The van der Waals surface area contributed by atoms with Crippen LogP contribution in [-0.2, 0) is 16.4 Å². The third-order valence-corrected chi connectivity index (χ3v) is 6.18. The molecule has 1 aromatic heterocycles. The lowest BCUT2D eigenvalue weighted by atomic mass is 10.1.